The van der Waals surface area contributed by atoms with Gasteiger partial charge < -0.3 is 14.6 Å². The maximum Gasteiger partial charge on any atom is 0.306 e. The Balaban J connectivity index is 2.53. The second kappa shape index (κ2) is 3.87. The van der Waals surface area contributed by atoms with E-state index in [9.17, 15) is 4.79 Å². The first-order valence-corrected chi connectivity index (χ1v) is 4.03. The van der Waals surface area contributed by atoms with Crippen molar-refractivity contribution in [2.75, 3.05) is 20.3 Å². The van der Waals surface area contributed by atoms with Gasteiger partial charge in [0.2, 0.25) is 0 Å². The van der Waals surface area contributed by atoms with Gasteiger partial charge in [0.25, 0.3) is 0 Å². The molecule has 12 heavy (non-hydrogen) atoms. The Morgan fingerprint density at radius 2 is 2.17 bits per heavy atom. The van der Waals surface area contributed by atoms with E-state index >= 15 is 0 Å². The summed E-state index contributed by atoms with van der Waals surface area (Å²) < 4.78 is 10.4. The van der Waals surface area contributed by atoms with Gasteiger partial charge in [0, 0.05) is 33.2 Å². The predicted molar refractivity (Wildman–Crippen MR) is 42.0 cm³/mol. The molecule has 0 spiro atoms. The molecule has 1 rings (SSSR count). The third kappa shape index (κ3) is 2.19. The number of hydrogen-bond donors (Lipinski definition) is 1. The number of hydrogen-bond acceptors (Lipinski definition) is 3. The van der Waals surface area contributed by atoms with Crippen LogP contribution in [0.5, 0.6) is 0 Å². The summed E-state index contributed by atoms with van der Waals surface area (Å²) in [5.41, 5.74) is -0.482. The summed E-state index contributed by atoms with van der Waals surface area (Å²) in [5.74, 6) is -0.807. The Morgan fingerprint density at radius 1 is 1.58 bits per heavy atom. The van der Waals surface area contributed by atoms with Crippen molar-refractivity contribution in [1.29, 1.82) is 0 Å². The van der Waals surface area contributed by atoms with Gasteiger partial charge in [-0.3, -0.25) is 4.79 Å². The molecule has 0 aromatic heterocycles. The van der Waals surface area contributed by atoms with Gasteiger partial charge in [-0.25, -0.2) is 0 Å². The smallest absolute Gasteiger partial charge is 0.306 e. The Kier molecular flexibility index (Phi) is 3.05. The lowest BCUT2D eigenvalue weighted by molar-refractivity contribution is -0.150. The summed E-state index contributed by atoms with van der Waals surface area (Å²) in [6, 6.07) is 0. The molecule has 0 aliphatic carbocycles. The Labute approximate surface area is 71.5 Å². The van der Waals surface area contributed by atoms with E-state index in [0.717, 1.165) is 0 Å². The molecule has 70 valence electrons. The fourth-order valence-electron chi connectivity index (χ4n) is 1.47. The summed E-state index contributed by atoms with van der Waals surface area (Å²) in [7, 11) is 1.56. The van der Waals surface area contributed by atoms with E-state index in [1.807, 2.05) is 0 Å². The molecular formula is C8H14O4. The summed E-state index contributed by atoms with van der Waals surface area (Å²) in [5, 5.41) is 8.64. The van der Waals surface area contributed by atoms with Crippen molar-refractivity contribution in [3.63, 3.8) is 0 Å². The molecule has 0 aromatic rings. The van der Waals surface area contributed by atoms with E-state index in [1.165, 1.54) is 0 Å². The molecule has 1 aliphatic heterocycles. The number of ether oxygens (including phenoxy) is 2. The number of methoxy groups -OCH3 is 1. The first kappa shape index (κ1) is 9.48. The molecule has 1 heterocycles. The molecule has 1 N–H and O–H groups in total. The number of carboxylic acid groups (broad SMARTS) is 1. The molecule has 0 radical (unpaired) electrons. The SMILES string of the molecule is COC1(CC(=O)O)CCOCC1. The summed E-state index contributed by atoms with van der Waals surface area (Å²) in [6.45, 7) is 1.20. The zero-order valence-corrected chi connectivity index (χ0v) is 7.21. The topological polar surface area (TPSA) is 55.8 Å². The van der Waals surface area contributed by atoms with Gasteiger partial charge in [-0.05, 0) is 0 Å². The molecule has 0 atom stereocenters. The van der Waals surface area contributed by atoms with Crippen molar-refractivity contribution in [1.82, 2.24) is 0 Å². The molecule has 4 nitrogen and oxygen atoms in total. The Bertz CT molecular complexity index is 160. The lowest BCUT2D eigenvalue weighted by Crippen LogP contribution is -2.40. The lowest BCUT2D eigenvalue weighted by atomic mass is 9.90. The minimum Gasteiger partial charge on any atom is -0.481 e. The van der Waals surface area contributed by atoms with Gasteiger partial charge >= 0.3 is 5.97 Å². The van der Waals surface area contributed by atoms with Gasteiger partial charge in [-0.15, -0.1) is 0 Å². The average molecular weight is 174 g/mol. The minimum absolute atomic E-state index is 0.0762. The van der Waals surface area contributed by atoms with Crippen LogP contribution in [0.3, 0.4) is 0 Å². The second-order valence-electron chi connectivity index (χ2n) is 3.07. The fraction of sp³-hybridized carbons (Fsp3) is 0.875. The van der Waals surface area contributed by atoms with Crippen LogP contribution in [0, 0.1) is 0 Å². The number of aliphatic carboxylic acids is 1. The van der Waals surface area contributed by atoms with Gasteiger partial charge in [0.15, 0.2) is 0 Å². The molecular weight excluding hydrogens is 160 g/mol. The van der Waals surface area contributed by atoms with Crippen LogP contribution in [0.4, 0.5) is 0 Å². The molecule has 4 heteroatoms. The highest BCUT2D eigenvalue weighted by Crippen LogP contribution is 2.27. The van der Waals surface area contributed by atoms with E-state index in [4.69, 9.17) is 14.6 Å². The van der Waals surface area contributed by atoms with Crippen LogP contribution in [0.25, 0.3) is 0 Å². The summed E-state index contributed by atoms with van der Waals surface area (Å²) in [6.07, 6.45) is 1.43. The number of carboxylic acids is 1. The van der Waals surface area contributed by atoms with Gasteiger partial charge in [0.05, 0.1) is 12.0 Å². The zero-order chi connectivity index (χ0) is 9.03. The number of carbonyl (C=O) groups is 1. The van der Waals surface area contributed by atoms with Crippen molar-refractivity contribution >= 4 is 5.97 Å². The van der Waals surface area contributed by atoms with Crippen LogP contribution < -0.4 is 0 Å². The Morgan fingerprint density at radius 3 is 2.58 bits per heavy atom. The summed E-state index contributed by atoms with van der Waals surface area (Å²) in [4.78, 5) is 10.5. The molecule has 0 saturated carbocycles. The van der Waals surface area contributed by atoms with Gasteiger partial charge in [0.1, 0.15) is 0 Å². The third-order valence-electron chi connectivity index (χ3n) is 2.31. The van der Waals surface area contributed by atoms with E-state index in [-0.39, 0.29) is 6.42 Å². The van der Waals surface area contributed by atoms with Crippen molar-refractivity contribution in [2.45, 2.75) is 24.9 Å². The largest absolute Gasteiger partial charge is 0.481 e. The monoisotopic (exact) mass is 174 g/mol. The van der Waals surface area contributed by atoms with Gasteiger partial charge in [-0.1, -0.05) is 0 Å². The molecule has 1 fully saturated rings. The average Bonchev–Trinajstić information content (AvgIpc) is 2.05. The highest BCUT2D eigenvalue weighted by Gasteiger charge is 2.34. The first-order valence-electron chi connectivity index (χ1n) is 4.03. The zero-order valence-electron chi connectivity index (χ0n) is 7.21. The standard InChI is InChI=1S/C8H14O4/c1-11-8(6-7(9)10)2-4-12-5-3-8/h2-6H2,1H3,(H,9,10). The third-order valence-corrected chi connectivity index (χ3v) is 2.31. The highest BCUT2D eigenvalue weighted by atomic mass is 16.5. The quantitative estimate of drug-likeness (QED) is 0.682. The second-order valence-corrected chi connectivity index (χ2v) is 3.07. The van der Waals surface area contributed by atoms with Crippen molar-refractivity contribution in [3.8, 4) is 0 Å². The number of rotatable bonds is 3. The van der Waals surface area contributed by atoms with Crippen molar-refractivity contribution in [3.05, 3.63) is 0 Å². The van der Waals surface area contributed by atoms with E-state index in [1.54, 1.807) is 7.11 Å². The van der Waals surface area contributed by atoms with Crippen LogP contribution in [-0.2, 0) is 14.3 Å². The van der Waals surface area contributed by atoms with Gasteiger partial charge in [-0.2, -0.15) is 0 Å². The fourth-order valence-corrected chi connectivity index (χ4v) is 1.47. The van der Waals surface area contributed by atoms with Crippen LogP contribution in [0.1, 0.15) is 19.3 Å². The molecule has 0 bridgehead atoms. The van der Waals surface area contributed by atoms with Crippen molar-refractivity contribution < 1.29 is 19.4 Å². The molecule has 0 amide bonds. The predicted octanol–water partition coefficient (Wildman–Crippen LogP) is 0.657. The molecule has 0 aromatic carbocycles. The van der Waals surface area contributed by atoms with Crippen molar-refractivity contribution in [2.24, 2.45) is 0 Å². The molecule has 0 unspecified atom stereocenters. The minimum atomic E-state index is -0.807. The highest BCUT2D eigenvalue weighted by molar-refractivity contribution is 5.68. The molecule has 1 aliphatic rings. The lowest BCUT2D eigenvalue weighted by Gasteiger charge is -2.34. The maximum atomic E-state index is 10.5. The van der Waals surface area contributed by atoms with E-state index in [0.29, 0.717) is 26.1 Å². The van der Waals surface area contributed by atoms with Crippen LogP contribution in [0.15, 0.2) is 0 Å². The van der Waals surface area contributed by atoms with E-state index < -0.39 is 11.6 Å². The Hall–Kier alpha value is -0.610. The first-order chi connectivity index (χ1) is 5.68. The maximum absolute atomic E-state index is 10.5. The van der Waals surface area contributed by atoms with Crippen LogP contribution in [0.2, 0.25) is 0 Å². The summed E-state index contributed by atoms with van der Waals surface area (Å²) >= 11 is 0. The molecule has 1 saturated heterocycles. The van der Waals surface area contributed by atoms with Crippen LogP contribution in [-0.4, -0.2) is 37.0 Å². The van der Waals surface area contributed by atoms with Crippen LogP contribution >= 0.6 is 0 Å². The normalized spacial score (nSPS) is 22.1. The van der Waals surface area contributed by atoms with E-state index in [2.05, 4.69) is 0 Å².